The Morgan fingerprint density at radius 3 is 2.56 bits per heavy atom. The molecule has 10 nitrogen and oxygen atoms in total. The minimum Gasteiger partial charge on any atom is -0.465 e. The lowest BCUT2D eigenvalue weighted by Crippen LogP contribution is -2.26. The summed E-state index contributed by atoms with van der Waals surface area (Å²) < 4.78 is 29.5. The van der Waals surface area contributed by atoms with Crippen molar-refractivity contribution in [3.63, 3.8) is 0 Å². The van der Waals surface area contributed by atoms with Crippen LogP contribution in [0.15, 0.2) is 36.5 Å². The van der Waals surface area contributed by atoms with E-state index in [0.29, 0.717) is 5.56 Å². The number of carbonyl (C=O) groups is 1. The zero-order valence-electron chi connectivity index (χ0n) is 16.8. The maximum absolute atomic E-state index is 14.2. The molecule has 0 aliphatic rings. The first kappa shape index (κ1) is 20.9. The molecule has 0 radical (unpaired) electrons. The van der Waals surface area contributed by atoms with Gasteiger partial charge in [0.05, 0.1) is 29.7 Å². The topological polar surface area (TPSA) is 158 Å². The molecule has 0 aliphatic carbocycles. The summed E-state index contributed by atoms with van der Waals surface area (Å²) in [7, 11) is 0. The molecule has 3 aromatic heterocycles. The molecule has 0 spiro atoms. The number of nitrogens with one attached hydrogen (secondary N) is 1. The highest BCUT2D eigenvalue weighted by atomic mass is 19.1. The van der Waals surface area contributed by atoms with Gasteiger partial charge in [0.1, 0.15) is 29.0 Å². The maximum Gasteiger partial charge on any atom is 0.405 e. The number of aromatic nitrogens is 5. The summed E-state index contributed by atoms with van der Waals surface area (Å²) in [6, 6.07) is 6.62. The third kappa shape index (κ3) is 3.85. The minimum atomic E-state index is -1.26. The third-order valence-electron chi connectivity index (χ3n) is 4.82. The van der Waals surface area contributed by atoms with Crippen molar-refractivity contribution >= 4 is 28.8 Å². The predicted octanol–water partition coefficient (Wildman–Crippen LogP) is 2.71. The number of nitrogen functional groups attached to an aromatic ring is 2. The van der Waals surface area contributed by atoms with Crippen molar-refractivity contribution in [1.82, 2.24) is 30.0 Å². The van der Waals surface area contributed by atoms with Crippen molar-refractivity contribution in [2.75, 3.05) is 11.5 Å². The van der Waals surface area contributed by atoms with Crippen molar-refractivity contribution in [1.29, 1.82) is 0 Å². The molecule has 12 heteroatoms. The van der Waals surface area contributed by atoms with Gasteiger partial charge in [0.15, 0.2) is 11.5 Å². The predicted molar refractivity (Wildman–Crippen MR) is 112 cm³/mol. The van der Waals surface area contributed by atoms with Crippen LogP contribution in [0, 0.1) is 11.6 Å². The molecule has 0 saturated heterocycles. The molecule has 1 aromatic carbocycles. The molecule has 0 aliphatic heterocycles. The monoisotopic (exact) mass is 440 g/mol. The van der Waals surface area contributed by atoms with Crippen LogP contribution in [-0.4, -0.2) is 35.9 Å². The average molecular weight is 440 g/mol. The number of benzene rings is 1. The van der Waals surface area contributed by atoms with E-state index in [4.69, 9.17) is 16.6 Å². The normalized spacial score (nSPS) is 12.1. The van der Waals surface area contributed by atoms with E-state index in [-0.39, 0.29) is 46.3 Å². The van der Waals surface area contributed by atoms with Crippen LogP contribution in [0.3, 0.4) is 0 Å². The standard InChI is InChI=1S/C20H18F2N8O2/c1-9(26-20(31)32)14-16(23)27-18(28-17(14)24)15-12-6-11(21)7-25-19(12)30(29-15)8-10-4-2-3-5-13(10)22/h2-7,9,26H,8H2,1H3,(H,31,32)(H4,23,24,27,28). The number of nitrogens with two attached hydrogens (primary N) is 2. The first-order valence-corrected chi connectivity index (χ1v) is 9.42. The molecule has 3 heterocycles. The van der Waals surface area contributed by atoms with E-state index in [1.165, 1.54) is 23.7 Å². The summed E-state index contributed by atoms with van der Waals surface area (Å²) in [6.07, 6.45) is -0.239. The molecule has 1 atom stereocenters. The molecule has 0 fully saturated rings. The van der Waals surface area contributed by atoms with E-state index in [2.05, 4.69) is 25.4 Å². The lowest BCUT2D eigenvalue weighted by Gasteiger charge is -2.16. The van der Waals surface area contributed by atoms with Crippen molar-refractivity contribution in [3.05, 3.63) is 59.3 Å². The highest BCUT2D eigenvalue weighted by molar-refractivity contribution is 5.89. The number of rotatable bonds is 5. The lowest BCUT2D eigenvalue weighted by molar-refractivity contribution is 0.191. The Kier molecular flexibility index (Phi) is 5.26. The fourth-order valence-corrected chi connectivity index (χ4v) is 3.41. The Labute approximate surface area is 179 Å². The van der Waals surface area contributed by atoms with Gasteiger partial charge in [-0.25, -0.2) is 33.2 Å². The average Bonchev–Trinajstić information content (AvgIpc) is 3.06. The Morgan fingerprint density at radius 2 is 1.91 bits per heavy atom. The Balaban J connectivity index is 1.83. The third-order valence-corrected chi connectivity index (χ3v) is 4.82. The van der Waals surface area contributed by atoms with E-state index >= 15 is 0 Å². The SMILES string of the molecule is CC(NC(=O)O)c1c(N)nc(-c2nn(Cc3ccccc3F)c3ncc(F)cc23)nc1N. The zero-order valence-corrected chi connectivity index (χ0v) is 16.8. The van der Waals surface area contributed by atoms with Crippen LogP contribution < -0.4 is 16.8 Å². The summed E-state index contributed by atoms with van der Waals surface area (Å²) in [5.74, 6) is -1.16. The number of carboxylic acid groups (broad SMARTS) is 1. The Morgan fingerprint density at radius 1 is 1.22 bits per heavy atom. The lowest BCUT2D eigenvalue weighted by atomic mass is 10.1. The van der Waals surface area contributed by atoms with Crippen molar-refractivity contribution in [2.45, 2.75) is 19.5 Å². The number of anilines is 2. The fraction of sp³-hybridized carbons (Fsp3) is 0.150. The van der Waals surface area contributed by atoms with Crippen LogP contribution in [-0.2, 0) is 6.54 Å². The molecule has 0 bridgehead atoms. The van der Waals surface area contributed by atoms with Gasteiger partial charge in [-0.2, -0.15) is 5.10 Å². The second kappa shape index (κ2) is 8.06. The minimum absolute atomic E-state index is 0.00374. The Hall–Kier alpha value is -4.35. The first-order chi connectivity index (χ1) is 15.2. The molecule has 0 saturated carbocycles. The molecular weight excluding hydrogens is 422 g/mol. The van der Waals surface area contributed by atoms with Crippen LogP contribution in [0.4, 0.5) is 25.2 Å². The largest absolute Gasteiger partial charge is 0.465 e. The van der Waals surface area contributed by atoms with Gasteiger partial charge in [0.25, 0.3) is 0 Å². The number of halogens is 2. The second-order valence-electron chi connectivity index (χ2n) is 7.02. The molecular formula is C20H18F2N8O2. The number of fused-ring (bicyclic) bond motifs is 1. The number of amides is 1. The number of hydrogen-bond donors (Lipinski definition) is 4. The highest BCUT2D eigenvalue weighted by Gasteiger charge is 2.22. The van der Waals surface area contributed by atoms with Crippen LogP contribution in [0.1, 0.15) is 24.1 Å². The molecule has 1 amide bonds. The molecule has 1 unspecified atom stereocenters. The van der Waals surface area contributed by atoms with Crippen LogP contribution in [0.2, 0.25) is 0 Å². The smallest absolute Gasteiger partial charge is 0.405 e. The first-order valence-electron chi connectivity index (χ1n) is 9.42. The molecule has 32 heavy (non-hydrogen) atoms. The molecule has 4 aromatic rings. The molecule has 6 N–H and O–H groups in total. The Bertz CT molecular complexity index is 1320. The van der Waals surface area contributed by atoms with E-state index in [1.54, 1.807) is 18.2 Å². The highest BCUT2D eigenvalue weighted by Crippen LogP contribution is 2.30. The van der Waals surface area contributed by atoms with E-state index in [0.717, 1.165) is 6.20 Å². The second-order valence-corrected chi connectivity index (χ2v) is 7.02. The summed E-state index contributed by atoms with van der Waals surface area (Å²) in [5.41, 5.74) is 13.0. The van der Waals surface area contributed by atoms with Crippen LogP contribution in [0.25, 0.3) is 22.6 Å². The van der Waals surface area contributed by atoms with Gasteiger partial charge in [0, 0.05) is 5.56 Å². The molecule has 4 rings (SSSR count). The van der Waals surface area contributed by atoms with Crippen molar-refractivity contribution in [2.24, 2.45) is 0 Å². The van der Waals surface area contributed by atoms with Gasteiger partial charge in [0.2, 0.25) is 0 Å². The van der Waals surface area contributed by atoms with Crippen LogP contribution in [0.5, 0.6) is 0 Å². The number of pyridine rings is 1. The van der Waals surface area contributed by atoms with Crippen molar-refractivity contribution in [3.8, 4) is 11.5 Å². The maximum atomic E-state index is 14.2. The van der Waals surface area contributed by atoms with E-state index in [9.17, 15) is 13.6 Å². The number of nitrogens with zero attached hydrogens (tertiary/aromatic N) is 5. The van der Waals surface area contributed by atoms with E-state index in [1.807, 2.05) is 0 Å². The van der Waals surface area contributed by atoms with E-state index < -0.39 is 23.8 Å². The van der Waals surface area contributed by atoms with Crippen LogP contribution >= 0.6 is 0 Å². The van der Waals surface area contributed by atoms with Crippen molar-refractivity contribution < 1.29 is 18.7 Å². The molecule has 164 valence electrons. The van der Waals surface area contributed by atoms with Gasteiger partial charge in [-0.15, -0.1) is 0 Å². The number of hydrogen-bond acceptors (Lipinski definition) is 7. The summed E-state index contributed by atoms with van der Waals surface area (Å²) in [6.45, 7) is 1.57. The summed E-state index contributed by atoms with van der Waals surface area (Å²) in [5, 5.41) is 15.9. The summed E-state index contributed by atoms with van der Waals surface area (Å²) >= 11 is 0. The van der Waals surface area contributed by atoms with Gasteiger partial charge in [-0.05, 0) is 19.1 Å². The van der Waals surface area contributed by atoms with Gasteiger partial charge >= 0.3 is 6.09 Å². The fourth-order valence-electron chi connectivity index (χ4n) is 3.41. The van der Waals surface area contributed by atoms with Gasteiger partial charge < -0.3 is 21.9 Å². The van der Waals surface area contributed by atoms with Gasteiger partial charge in [-0.3, -0.25) is 0 Å². The quantitative estimate of drug-likeness (QED) is 0.369. The summed E-state index contributed by atoms with van der Waals surface area (Å²) in [4.78, 5) is 23.4. The van der Waals surface area contributed by atoms with Gasteiger partial charge in [-0.1, -0.05) is 18.2 Å². The zero-order chi connectivity index (χ0) is 23.0.